The maximum absolute atomic E-state index is 11.1. The highest BCUT2D eigenvalue weighted by Gasteiger charge is 2.12. The van der Waals surface area contributed by atoms with Gasteiger partial charge in [0, 0.05) is 28.3 Å². The monoisotopic (exact) mass is 280 g/mol. The van der Waals surface area contributed by atoms with Crippen LogP contribution in [-0.2, 0) is 0 Å². The normalized spacial score (nSPS) is 10.3. The number of benzene rings is 1. The second-order valence-corrected chi connectivity index (χ2v) is 3.98. The highest BCUT2D eigenvalue weighted by atomic mass is 16.4. The summed E-state index contributed by atoms with van der Waals surface area (Å²) in [5.74, 6) is -1.04. The third-order valence-electron chi connectivity index (χ3n) is 2.83. The van der Waals surface area contributed by atoms with E-state index < -0.39 is 5.97 Å². The van der Waals surface area contributed by atoms with Crippen LogP contribution in [-0.4, -0.2) is 25.7 Å². The first-order valence-electron chi connectivity index (χ1n) is 5.77. The van der Waals surface area contributed by atoms with Crippen molar-refractivity contribution in [1.29, 1.82) is 0 Å². The van der Waals surface area contributed by atoms with Crippen molar-refractivity contribution in [3.63, 3.8) is 0 Å². The molecule has 0 aliphatic carbocycles. The summed E-state index contributed by atoms with van der Waals surface area (Å²) < 4.78 is 1.36. The van der Waals surface area contributed by atoms with E-state index in [-0.39, 0.29) is 17.2 Å². The lowest BCUT2D eigenvalue weighted by Gasteiger charge is -2.06. The number of nitrogens with zero attached hydrogens (tertiary/aromatic N) is 7. The minimum absolute atomic E-state index is 0.0213. The Kier molecular flexibility index (Phi) is 2.94. The van der Waals surface area contributed by atoms with Crippen LogP contribution in [0.15, 0.2) is 41.9 Å². The number of fused-ring (bicyclic) bond motifs is 1. The lowest BCUT2D eigenvalue weighted by molar-refractivity contribution is -0.254. The quantitative estimate of drug-likeness (QED) is 0.402. The largest absolute Gasteiger partial charge is 0.545 e. The molecule has 0 spiro atoms. The summed E-state index contributed by atoms with van der Waals surface area (Å²) in [6, 6.07) is 4.66. The summed E-state index contributed by atoms with van der Waals surface area (Å²) in [5.41, 5.74) is 9.06. The van der Waals surface area contributed by atoms with Gasteiger partial charge in [0.1, 0.15) is 0 Å². The summed E-state index contributed by atoms with van der Waals surface area (Å²) >= 11 is 0. The van der Waals surface area contributed by atoms with Gasteiger partial charge >= 0.3 is 0 Å². The highest BCUT2D eigenvalue weighted by Crippen LogP contribution is 2.24. The van der Waals surface area contributed by atoms with Gasteiger partial charge in [0.2, 0.25) is 0 Å². The molecule has 0 atom stereocenters. The first-order chi connectivity index (χ1) is 10.2. The van der Waals surface area contributed by atoms with E-state index in [0.717, 1.165) is 0 Å². The Bertz CT molecular complexity index is 896. The number of carboxylic acids is 1. The first-order valence-corrected chi connectivity index (χ1v) is 5.77. The van der Waals surface area contributed by atoms with E-state index in [4.69, 9.17) is 5.53 Å². The van der Waals surface area contributed by atoms with Crippen LogP contribution in [0.5, 0.6) is 0 Å². The van der Waals surface area contributed by atoms with E-state index in [0.29, 0.717) is 10.9 Å². The molecule has 0 unspecified atom stereocenters. The fraction of sp³-hybridized carbons (Fsp3) is 0. The number of carbonyl (C=O) groups is 1. The fourth-order valence-electron chi connectivity index (χ4n) is 1.98. The Hall–Kier alpha value is -3.45. The van der Waals surface area contributed by atoms with Crippen molar-refractivity contribution >= 4 is 22.7 Å². The number of aromatic carboxylic acids is 1. The van der Waals surface area contributed by atoms with E-state index in [1.54, 1.807) is 12.1 Å². The molecule has 9 nitrogen and oxygen atoms in total. The number of aromatic nitrogens is 4. The summed E-state index contributed by atoms with van der Waals surface area (Å²) in [6.45, 7) is 0. The van der Waals surface area contributed by atoms with E-state index in [9.17, 15) is 9.90 Å². The third-order valence-corrected chi connectivity index (χ3v) is 2.83. The van der Waals surface area contributed by atoms with Gasteiger partial charge in [-0.05, 0) is 16.7 Å². The van der Waals surface area contributed by atoms with Crippen LogP contribution < -0.4 is 5.11 Å². The Morgan fingerprint density at radius 2 is 2.14 bits per heavy atom. The summed E-state index contributed by atoms with van der Waals surface area (Å²) in [7, 11) is 0. The minimum atomic E-state index is -1.30. The van der Waals surface area contributed by atoms with Crippen LogP contribution in [0.25, 0.3) is 27.2 Å². The van der Waals surface area contributed by atoms with Crippen LogP contribution in [0.3, 0.4) is 0 Å². The number of azide groups is 1. The Balaban J connectivity index is 2.30. The maximum atomic E-state index is 11.1. The van der Waals surface area contributed by atoms with Gasteiger partial charge in [-0.25, -0.2) is 14.6 Å². The van der Waals surface area contributed by atoms with E-state index in [1.165, 1.54) is 29.3 Å². The molecule has 0 amide bonds. The van der Waals surface area contributed by atoms with Gasteiger partial charge in [0.25, 0.3) is 0 Å². The molecular weight excluding hydrogens is 274 g/mol. The second-order valence-electron chi connectivity index (χ2n) is 3.98. The predicted molar refractivity (Wildman–Crippen MR) is 69.8 cm³/mol. The van der Waals surface area contributed by atoms with Gasteiger partial charge in [-0.15, -0.1) is 0 Å². The molecule has 2 heterocycles. The molecule has 9 heteroatoms. The third kappa shape index (κ3) is 2.03. The van der Waals surface area contributed by atoms with Crippen molar-refractivity contribution in [2.45, 2.75) is 0 Å². The van der Waals surface area contributed by atoms with Gasteiger partial charge < -0.3 is 9.90 Å². The molecule has 0 bridgehead atoms. The predicted octanol–water partition coefficient (Wildman–Crippen LogP) is 1.12. The molecule has 102 valence electrons. The average molecular weight is 280 g/mol. The summed E-state index contributed by atoms with van der Waals surface area (Å²) in [4.78, 5) is 21.8. The van der Waals surface area contributed by atoms with Gasteiger partial charge in [-0.1, -0.05) is 12.1 Å². The fourth-order valence-corrected chi connectivity index (χ4v) is 1.98. The minimum Gasteiger partial charge on any atom is -0.545 e. The molecule has 0 radical (unpaired) electrons. The first kappa shape index (κ1) is 12.6. The molecule has 0 fully saturated rings. The molecular formula is C12H6N7O2-. The zero-order valence-electron chi connectivity index (χ0n) is 10.4. The molecule has 0 N–H and O–H groups in total. The molecule has 0 aliphatic rings. The van der Waals surface area contributed by atoms with Crippen molar-refractivity contribution in [3.05, 3.63) is 52.8 Å². The summed E-state index contributed by atoms with van der Waals surface area (Å²) in [5, 5.41) is 19.0. The Labute approximate surface area is 117 Å². The van der Waals surface area contributed by atoms with Crippen molar-refractivity contribution in [3.8, 4) is 5.82 Å². The summed E-state index contributed by atoms with van der Waals surface area (Å²) in [6.07, 6.45) is 4.18. The van der Waals surface area contributed by atoms with Gasteiger partial charge in [-0.3, -0.25) is 0 Å². The van der Waals surface area contributed by atoms with Gasteiger partial charge in [0.15, 0.2) is 11.6 Å². The number of hydrogen-bond acceptors (Lipinski definition) is 6. The molecule has 3 aromatic rings. The van der Waals surface area contributed by atoms with Crippen LogP contribution in [0.2, 0.25) is 0 Å². The zero-order valence-corrected chi connectivity index (χ0v) is 10.4. The van der Waals surface area contributed by atoms with Crippen LogP contribution in [0, 0.1) is 0 Å². The topological polar surface area (TPSA) is 132 Å². The molecule has 3 rings (SSSR count). The van der Waals surface area contributed by atoms with Crippen LogP contribution in [0.4, 0.5) is 5.82 Å². The SMILES string of the molecule is [N-]=[N+]=Nc1nccnc1-n1ncc2c(C(=O)[O-])cccc21. The van der Waals surface area contributed by atoms with Crippen molar-refractivity contribution in [2.24, 2.45) is 5.11 Å². The van der Waals surface area contributed by atoms with Gasteiger partial charge in [0.05, 0.1) is 17.7 Å². The van der Waals surface area contributed by atoms with E-state index in [2.05, 4.69) is 25.1 Å². The highest BCUT2D eigenvalue weighted by molar-refractivity contribution is 6.01. The van der Waals surface area contributed by atoms with Crippen molar-refractivity contribution in [2.75, 3.05) is 0 Å². The molecule has 21 heavy (non-hydrogen) atoms. The lowest BCUT2D eigenvalue weighted by atomic mass is 10.1. The smallest absolute Gasteiger partial charge is 0.182 e. The molecule has 2 aromatic heterocycles. The van der Waals surface area contributed by atoms with E-state index >= 15 is 0 Å². The van der Waals surface area contributed by atoms with Crippen molar-refractivity contribution in [1.82, 2.24) is 19.7 Å². The average Bonchev–Trinajstić information content (AvgIpc) is 2.91. The second kappa shape index (κ2) is 4.91. The Morgan fingerprint density at radius 3 is 2.90 bits per heavy atom. The Morgan fingerprint density at radius 1 is 1.33 bits per heavy atom. The molecule has 0 aliphatic heterocycles. The van der Waals surface area contributed by atoms with Crippen molar-refractivity contribution < 1.29 is 9.90 Å². The standard InChI is InChI=1S/C12H7N7O2/c13-18-17-10-11(15-5-4-14-10)19-9-3-1-2-7(12(20)21)8(9)6-16-19/h1-6H,(H,20,21)/p-1. The maximum Gasteiger partial charge on any atom is 0.182 e. The molecule has 0 saturated heterocycles. The molecule has 1 aromatic carbocycles. The van der Waals surface area contributed by atoms with Gasteiger partial charge in [-0.2, -0.15) is 5.10 Å². The molecule has 0 saturated carbocycles. The van der Waals surface area contributed by atoms with Crippen LogP contribution >= 0.6 is 0 Å². The number of hydrogen-bond donors (Lipinski definition) is 0. The number of rotatable bonds is 3. The number of carbonyl (C=O) groups excluding carboxylic acids is 1. The van der Waals surface area contributed by atoms with Crippen LogP contribution in [0.1, 0.15) is 10.4 Å². The lowest BCUT2D eigenvalue weighted by Crippen LogP contribution is -2.22. The number of carboxylic acid groups (broad SMARTS) is 1. The van der Waals surface area contributed by atoms with E-state index in [1.807, 2.05) is 0 Å². The zero-order chi connectivity index (χ0) is 14.8.